The van der Waals surface area contributed by atoms with Crippen LogP contribution in [0.15, 0.2) is 30.0 Å². The first kappa shape index (κ1) is 15.6. The van der Waals surface area contributed by atoms with Crippen molar-refractivity contribution in [3.8, 4) is 0 Å². The van der Waals surface area contributed by atoms with E-state index in [1.807, 2.05) is 19.9 Å². The number of piperidine rings is 1. The Morgan fingerprint density at radius 2 is 1.83 bits per heavy atom. The molecule has 1 aromatic heterocycles. The van der Waals surface area contributed by atoms with E-state index >= 15 is 0 Å². The Morgan fingerprint density at radius 1 is 1.09 bits per heavy atom. The zero-order valence-electron chi connectivity index (χ0n) is 13.3. The van der Waals surface area contributed by atoms with Gasteiger partial charge in [0.25, 0.3) is 0 Å². The molecular weight excluding hydrogens is 296 g/mol. The first-order chi connectivity index (χ1) is 11.0. The number of nitrogens with zero attached hydrogens (tertiary/aromatic N) is 3. The lowest BCUT2D eigenvalue weighted by molar-refractivity contribution is 0.508. The maximum absolute atomic E-state index is 13.3. The average molecular weight is 315 g/mol. The predicted molar refractivity (Wildman–Crippen MR) is 87.3 cm³/mol. The second-order valence-corrected chi connectivity index (χ2v) is 5.88. The van der Waals surface area contributed by atoms with Gasteiger partial charge in [-0.15, -0.1) is 0 Å². The summed E-state index contributed by atoms with van der Waals surface area (Å²) in [4.78, 5) is 11.2. The van der Waals surface area contributed by atoms with Crippen molar-refractivity contribution in [3.05, 3.63) is 58.6 Å². The summed E-state index contributed by atoms with van der Waals surface area (Å²) in [5, 5.41) is 0. The fraction of sp³-hybridized carbons (Fsp3) is 0.333. The van der Waals surface area contributed by atoms with Crippen molar-refractivity contribution < 1.29 is 8.78 Å². The maximum Gasteiger partial charge on any atom is 0.159 e. The zero-order valence-corrected chi connectivity index (χ0v) is 13.3. The summed E-state index contributed by atoms with van der Waals surface area (Å²) in [6, 6.07) is 4.02. The van der Waals surface area contributed by atoms with E-state index in [2.05, 4.69) is 14.9 Å². The molecule has 0 atom stereocenters. The topological polar surface area (TPSA) is 29.0 Å². The second-order valence-electron chi connectivity index (χ2n) is 5.88. The Morgan fingerprint density at radius 3 is 2.52 bits per heavy atom. The highest BCUT2D eigenvalue weighted by Gasteiger charge is 2.18. The van der Waals surface area contributed by atoms with Crippen LogP contribution in [0, 0.1) is 25.5 Å². The fourth-order valence-electron chi connectivity index (χ4n) is 2.81. The highest BCUT2D eigenvalue weighted by atomic mass is 19.2. The molecule has 1 saturated heterocycles. The molecule has 23 heavy (non-hydrogen) atoms. The van der Waals surface area contributed by atoms with Gasteiger partial charge in [0.15, 0.2) is 11.6 Å². The summed E-state index contributed by atoms with van der Waals surface area (Å²) in [6.07, 6.45) is 5.49. The Balaban J connectivity index is 1.71. The molecule has 1 aliphatic rings. The normalized spacial score (nSPS) is 15.0. The van der Waals surface area contributed by atoms with Gasteiger partial charge in [-0.2, -0.15) is 0 Å². The van der Waals surface area contributed by atoms with E-state index in [9.17, 15) is 8.78 Å². The first-order valence-electron chi connectivity index (χ1n) is 7.72. The number of benzene rings is 1. The van der Waals surface area contributed by atoms with Crippen LogP contribution in [0.3, 0.4) is 0 Å². The highest BCUT2D eigenvalue weighted by molar-refractivity contribution is 5.54. The van der Waals surface area contributed by atoms with Crippen molar-refractivity contribution in [2.24, 2.45) is 0 Å². The quantitative estimate of drug-likeness (QED) is 0.837. The SMILES string of the molecule is Cc1cnc(C)c(N2CCC(=Cc3ccc(F)c(F)c3)CC2)n1. The number of halogens is 2. The molecule has 1 aliphatic heterocycles. The first-order valence-corrected chi connectivity index (χ1v) is 7.72. The third-order valence-corrected chi connectivity index (χ3v) is 4.07. The van der Waals surface area contributed by atoms with Crippen molar-refractivity contribution in [2.75, 3.05) is 18.0 Å². The Labute approximate surface area is 134 Å². The number of rotatable bonds is 2. The van der Waals surface area contributed by atoms with Crippen molar-refractivity contribution in [1.29, 1.82) is 0 Å². The smallest absolute Gasteiger partial charge is 0.159 e. The predicted octanol–water partition coefficient (Wildman–Crippen LogP) is 4.06. The molecule has 0 N–H and O–H groups in total. The second kappa shape index (κ2) is 6.44. The fourth-order valence-corrected chi connectivity index (χ4v) is 2.81. The van der Waals surface area contributed by atoms with Crippen LogP contribution in [0.5, 0.6) is 0 Å². The van der Waals surface area contributed by atoms with E-state index in [1.165, 1.54) is 17.7 Å². The van der Waals surface area contributed by atoms with Gasteiger partial charge < -0.3 is 4.90 Å². The van der Waals surface area contributed by atoms with E-state index < -0.39 is 11.6 Å². The van der Waals surface area contributed by atoms with Crippen molar-refractivity contribution in [2.45, 2.75) is 26.7 Å². The molecule has 1 aromatic carbocycles. The van der Waals surface area contributed by atoms with Crippen LogP contribution in [0.4, 0.5) is 14.6 Å². The van der Waals surface area contributed by atoms with Crippen molar-refractivity contribution >= 4 is 11.9 Å². The third-order valence-electron chi connectivity index (χ3n) is 4.07. The van der Waals surface area contributed by atoms with Gasteiger partial charge in [-0.3, -0.25) is 4.98 Å². The average Bonchev–Trinajstić information content (AvgIpc) is 2.54. The largest absolute Gasteiger partial charge is 0.354 e. The molecular formula is C18H19F2N3. The molecule has 1 fully saturated rings. The maximum atomic E-state index is 13.3. The molecule has 3 rings (SSSR count). The van der Waals surface area contributed by atoms with Gasteiger partial charge in [0.2, 0.25) is 0 Å². The molecule has 0 radical (unpaired) electrons. The lowest BCUT2D eigenvalue weighted by Gasteiger charge is -2.30. The van der Waals surface area contributed by atoms with E-state index in [0.29, 0.717) is 5.56 Å². The molecule has 5 heteroatoms. The number of hydrogen-bond donors (Lipinski definition) is 0. The minimum absolute atomic E-state index is 0.707. The molecule has 0 aliphatic carbocycles. The minimum atomic E-state index is -0.810. The summed E-state index contributed by atoms with van der Waals surface area (Å²) in [5.41, 5.74) is 3.79. The Kier molecular flexibility index (Phi) is 4.37. The van der Waals surface area contributed by atoms with E-state index in [1.54, 1.807) is 12.3 Å². The molecule has 2 aromatic rings. The summed E-state index contributed by atoms with van der Waals surface area (Å²) < 4.78 is 26.2. The van der Waals surface area contributed by atoms with Crippen LogP contribution >= 0.6 is 0 Å². The van der Waals surface area contributed by atoms with Crippen molar-refractivity contribution in [3.63, 3.8) is 0 Å². The Hall–Kier alpha value is -2.30. The van der Waals surface area contributed by atoms with Crippen LogP contribution in [0.25, 0.3) is 6.08 Å². The highest BCUT2D eigenvalue weighted by Crippen LogP contribution is 2.25. The summed E-state index contributed by atoms with van der Waals surface area (Å²) >= 11 is 0. The third kappa shape index (κ3) is 3.55. The number of aryl methyl sites for hydroxylation is 2. The lowest BCUT2D eigenvalue weighted by atomic mass is 10.0. The summed E-state index contributed by atoms with van der Waals surface area (Å²) in [7, 11) is 0. The molecule has 0 unspecified atom stereocenters. The standard InChI is InChI=1S/C18H19F2N3/c1-12-11-21-13(2)18(22-12)23-7-5-14(6-8-23)9-15-3-4-16(19)17(20)10-15/h3-4,9-11H,5-8H2,1-2H3. The van der Waals surface area contributed by atoms with Crippen LogP contribution in [-0.2, 0) is 0 Å². The Bertz CT molecular complexity index is 746. The molecule has 2 heterocycles. The molecule has 0 spiro atoms. The van der Waals surface area contributed by atoms with Crippen molar-refractivity contribution in [1.82, 2.24) is 9.97 Å². The minimum Gasteiger partial charge on any atom is -0.354 e. The monoisotopic (exact) mass is 315 g/mol. The summed E-state index contributed by atoms with van der Waals surface area (Å²) in [6.45, 7) is 5.62. The van der Waals surface area contributed by atoms with Gasteiger partial charge in [-0.25, -0.2) is 13.8 Å². The molecule has 120 valence electrons. The van der Waals surface area contributed by atoms with Crippen LogP contribution in [-0.4, -0.2) is 23.1 Å². The van der Waals surface area contributed by atoms with Crippen LogP contribution < -0.4 is 4.90 Å². The van der Waals surface area contributed by atoms with E-state index in [4.69, 9.17) is 0 Å². The van der Waals surface area contributed by atoms with Gasteiger partial charge >= 0.3 is 0 Å². The van der Waals surface area contributed by atoms with Gasteiger partial charge in [-0.05, 0) is 44.4 Å². The number of hydrogen-bond acceptors (Lipinski definition) is 3. The lowest BCUT2D eigenvalue weighted by Crippen LogP contribution is -2.32. The van der Waals surface area contributed by atoms with E-state index in [0.717, 1.165) is 43.1 Å². The van der Waals surface area contributed by atoms with Gasteiger partial charge in [-0.1, -0.05) is 17.7 Å². The van der Waals surface area contributed by atoms with Gasteiger partial charge in [0.05, 0.1) is 11.4 Å². The van der Waals surface area contributed by atoms with E-state index in [-0.39, 0.29) is 0 Å². The molecule has 0 amide bonds. The molecule has 0 saturated carbocycles. The van der Waals surface area contributed by atoms with Gasteiger partial charge in [0, 0.05) is 19.3 Å². The zero-order chi connectivity index (χ0) is 16.4. The number of aromatic nitrogens is 2. The molecule has 0 bridgehead atoms. The van der Waals surface area contributed by atoms with Gasteiger partial charge in [0.1, 0.15) is 5.82 Å². The number of anilines is 1. The summed E-state index contributed by atoms with van der Waals surface area (Å²) in [5.74, 6) is -0.671. The van der Waals surface area contributed by atoms with Crippen LogP contribution in [0.1, 0.15) is 29.8 Å². The van der Waals surface area contributed by atoms with Crippen LogP contribution in [0.2, 0.25) is 0 Å². The molecule has 3 nitrogen and oxygen atoms in total.